The SMILES string of the molecule is Cl.O=C(N[C@H]1CCCNC1)c1ccc(Cl)c(I)c1. The monoisotopic (exact) mass is 400 g/mol. The molecule has 0 aliphatic carbocycles. The fraction of sp³-hybridized carbons (Fsp3) is 0.417. The van der Waals surface area contributed by atoms with Crippen molar-refractivity contribution >= 4 is 52.5 Å². The van der Waals surface area contributed by atoms with Gasteiger partial charge in [0.1, 0.15) is 0 Å². The van der Waals surface area contributed by atoms with Crippen molar-refractivity contribution < 1.29 is 4.79 Å². The van der Waals surface area contributed by atoms with Gasteiger partial charge in [-0.05, 0) is 60.2 Å². The van der Waals surface area contributed by atoms with Crippen molar-refractivity contribution in [1.29, 1.82) is 0 Å². The Labute approximate surface area is 132 Å². The molecule has 1 amide bonds. The normalized spacial score (nSPS) is 18.9. The smallest absolute Gasteiger partial charge is 0.251 e. The van der Waals surface area contributed by atoms with Crippen molar-refractivity contribution in [3.63, 3.8) is 0 Å². The van der Waals surface area contributed by atoms with Gasteiger partial charge >= 0.3 is 0 Å². The van der Waals surface area contributed by atoms with Crippen LogP contribution < -0.4 is 10.6 Å². The summed E-state index contributed by atoms with van der Waals surface area (Å²) in [4.78, 5) is 12.0. The highest BCUT2D eigenvalue weighted by molar-refractivity contribution is 14.1. The highest BCUT2D eigenvalue weighted by atomic mass is 127. The molecule has 1 atom stereocenters. The van der Waals surface area contributed by atoms with Crippen LogP contribution in [-0.2, 0) is 0 Å². The molecule has 18 heavy (non-hydrogen) atoms. The summed E-state index contributed by atoms with van der Waals surface area (Å²) < 4.78 is 0.902. The summed E-state index contributed by atoms with van der Waals surface area (Å²) in [6.07, 6.45) is 2.16. The Balaban J connectivity index is 0.00000162. The van der Waals surface area contributed by atoms with E-state index in [1.165, 1.54) is 0 Å². The maximum Gasteiger partial charge on any atom is 0.251 e. The molecule has 0 bridgehead atoms. The van der Waals surface area contributed by atoms with Crippen molar-refractivity contribution in [2.24, 2.45) is 0 Å². The molecule has 2 N–H and O–H groups in total. The van der Waals surface area contributed by atoms with Gasteiger partial charge in [-0.2, -0.15) is 0 Å². The number of amides is 1. The predicted octanol–water partition coefficient (Wildman–Crippen LogP) is 2.85. The van der Waals surface area contributed by atoms with E-state index in [9.17, 15) is 4.79 Å². The number of benzene rings is 1. The maximum atomic E-state index is 12.0. The van der Waals surface area contributed by atoms with Gasteiger partial charge in [-0.25, -0.2) is 0 Å². The second-order valence-corrected chi connectivity index (χ2v) is 5.72. The summed E-state index contributed by atoms with van der Waals surface area (Å²) in [5.41, 5.74) is 0.671. The van der Waals surface area contributed by atoms with Crippen molar-refractivity contribution in [3.8, 4) is 0 Å². The first-order valence-electron chi connectivity index (χ1n) is 5.63. The van der Waals surface area contributed by atoms with Gasteiger partial charge in [-0.1, -0.05) is 11.6 Å². The Morgan fingerprint density at radius 1 is 1.50 bits per heavy atom. The molecule has 1 aromatic carbocycles. The Hall–Kier alpha value is -0.0400. The summed E-state index contributed by atoms with van der Waals surface area (Å²) in [6, 6.07) is 5.58. The number of piperidine rings is 1. The number of halogens is 3. The third-order valence-electron chi connectivity index (χ3n) is 2.81. The zero-order valence-electron chi connectivity index (χ0n) is 9.71. The van der Waals surface area contributed by atoms with Crippen molar-refractivity contribution in [2.75, 3.05) is 13.1 Å². The molecule has 1 aromatic rings. The Kier molecular flexibility index (Phi) is 6.70. The largest absolute Gasteiger partial charge is 0.348 e. The zero-order chi connectivity index (χ0) is 12.3. The summed E-state index contributed by atoms with van der Waals surface area (Å²) in [5.74, 6) is -0.0201. The minimum Gasteiger partial charge on any atom is -0.348 e. The minimum absolute atomic E-state index is 0. The molecule has 0 saturated carbocycles. The first-order chi connectivity index (χ1) is 8.16. The van der Waals surface area contributed by atoms with E-state index in [1.54, 1.807) is 12.1 Å². The van der Waals surface area contributed by atoms with Crippen LogP contribution in [0, 0.1) is 3.57 Å². The molecular formula is C12H15Cl2IN2O. The van der Waals surface area contributed by atoms with E-state index >= 15 is 0 Å². The molecule has 3 nitrogen and oxygen atoms in total. The highest BCUT2D eigenvalue weighted by Gasteiger charge is 2.16. The molecule has 1 aliphatic rings. The van der Waals surface area contributed by atoms with E-state index in [0.29, 0.717) is 10.6 Å². The number of hydrogen-bond acceptors (Lipinski definition) is 2. The fourth-order valence-electron chi connectivity index (χ4n) is 1.88. The standard InChI is InChI=1S/C12H14ClIN2O.ClH/c13-10-4-3-8(6-11(10)14)12(17)16-9-2-1-5-15-7-9;/h3-4,6,9,15H,1-2,5,7H2,(H,16,17);1H/t9-;/m0./s1. The predicted molar refractivity (Wildman–Crippen MR) is 84.8 cm³/mol. The molecule has 0 spiro atoms. The van der Waals surface area contributed by atoms with Gasteiger partial charge in [0, 0.05) is 21.7 Å². The van der Waals surface area contributed by atoms with E-state index in [2.05, 4.69) is 33.2 Å². The van der Waals surface area contributed by atoms with Crippen LogP contribution >= 0.6 is 46.6 Å². The Morgan fingerprint density at radius 3 is 2.89 bits per heavy atom. The van der Waals surface area contributed by atoms with Crippen LogP contribution in [0.1, 0.15) is 23.2 Å². The quantitative estimate of drug-likeness (QED) is 0.749. The number of rotatable bonds is 2. The molecule has 1 saturated heterocycles. The summed E-state index contributed by atoms with van der Waals surface area (Å²) >= 11 is 8.06. The van der Waals surface area contributed by atoms with Crippen LogP contribution in [-0.4, -0.2) is 25.0 Å². The van der Waals surface area contributed by atoms with Crippen molar-refractivity contribution in [2.45, 2.75) is 18.9 Å². The second-order valence-electron chi connectivity index (χ2n) is 4.15. The summed E-state index contributed by atoms with van der Waals surface area (Å²) in [5, 5.41) is 6.99. The Morgan fingerprint density at radius 2 is 2.28 bits per heavy atom. The molecule has 2 rings (SSSR count). The lowest BCUT2D eigenvalue weighted by molar-refractivity contribution is 0.0930. The molecule has 1 heterocycles. The summed E-state index contributed by atoms with van der Waals surface area (Å²) in [7, 11) is 0. The van der Waals surface area contributed by atoms with E-state index in [-0.39, 0.29) is 24.4 Å². The first kappa shape index (κ1) is 16.0. The van der Waals surface area contributed by atoms with Gasteiger partial charge in [0.05, 0.1) is 5.02 Å². The zero-order valence-corrected chi connectivity index (χ0v) is 13.4. The van der Waals surface area contributed by atoms with Gasteiger partial charge in [-0.3, -0.25) is 4.79 Å². The van der Waals surface area contributed by atoms with Gasteiger partial charge in [-0.15, -0.1) is 12.4 Å². The number of carbonyl (C=O) groups excluding carboxylic acids is 1. The maximum absolute atomic E-state index is 12.0. The fourth-order valence-corrected chi connectivity index (χ4v) is 2.51. The molecule has 0 aromatic heterocycles. The van der Waals surface area contributed by atoms with Crippen molar-refractivity contribution in [3.05, 3.63) is 32.4 Å². The van der Waals surface area contributed by atoms with Gasteiger partial charge in [0.2, 0.25) is 0 Å². The molecular weight excluding hydrogens is 386 g/mol. The third kappa shape index (κ3) is 4.26. The van der Waals surface area contributed by atoms with Crippen LogP contribution in [0.3, 0.4) is 0 Å². The lowest BCUT2D eigenvalue weighted by Crippen LogP contribution is -2.45. The van der Waals surface area contributed by atoms with Crippen LogP contribution in [0.4, 0.5) is 0 Å². The minimum atomic E-state index is -0.0201. The van der Waals surface area contributed by atoms with Crippen LogP contribution in [0.2, 0.25) is 5.02 Å². The molecule has 1 aliphatic heterocycles. The lowest BCUT2D eigenvalue weighted by Gasteiger charge is -2.23. The number of nitrogens with one attached hydrogen (secondary N) is 2. The van der Waals surface area contributed by atoms with Crippen molar-refractivity contribution in [1.82, 2.24) is 10.6 Å². The van der Waals surface area contributed by atoms with Gasteiger partial charge < -0.3 is 10.6 Å². The molecule has 6 heteroatoms. The van der Waals surface area contributed by atoms with E-state index in [4.69, 9.17) is 11.6 Å². The van der Waals surface area contributed by atoms with Gasteiger partial charge in [0.15, 0.2) is 0 Å². The van der Waals surface area contributed by atoms with E-state index in [0.717, 1.165) is 29.5 Å². The molecule has 100 valence electrons. The second kappa shape index (κ2) is 7.53. The molecule has 0 radical (unpaired) electrons. The van der Waals surface area contributed by atoms with Crippen LogP contribution in [0.5, 0.6) is 0 Å². The number of hydrogen-bond donors (Lipinski definition) is 2. The molecule has 1 fully saturated rings. The van der Waals surface area contributed by atoms with Crippen LogP contribution in [0.25, 0.3) is 0 Å². The molecule has 0 unspecified atom stereocenters. The van der Waals surface area contributed by atoms with E-state index < -0.39 is 0 Å². The van der Waals surface area contributed by atoms with Crippen LogP contribution in [0.15, 0.2) is 18.2 Å². The lowest BCUT2D eigenvalue weighted by atomic mass is 10.1. The number of carbonyl (C=O) groups is 1. The highest BCUT2D eigenvalue weighted by Crippen LogP contribution is 2.19. The van der Waals surface area contributed by atoms with Gasteiger partial charge in [0.25, 0.3) is 5.91 Å². The third-order valence-corrected chi connectivity index (χ3v) is 4.35. The topological polar surface area (TPSA) is 41.1 Å². The summed E-state index contributed by atoms with van der Waals surface area (Å²) in [6.45, 7) is 1.90. The Bertz CT molecular complexity index is 423. The average Bonchev–Trinajstić information content (AvgIpc) is 2.34. The first-order valence-corrected chi connectivity index (χ1v) is 7.09. The van der Waals surface area contributed by atoms with E-state index in [1.807, 2.05) is 6.07 Å². The average molecular weight is 401 g/mol.